The minimum atomic E-state index is -1.02. The van der Waals surface area contributed by atoms with Gasteiger partial charge in [0.15, 0.2) is 12.6 Å². The van der Waals surface area contributed by atoms with E-state index in [4.69, 9.17) is 5.11 Å². The average molecular weight is 193 g/mol. The van der Waals surface area contributed by atoms with Crippen molar-refractivity contribution in [2.24, 2.45) is 0 Å². The highest BCUT2D eigenvalue weighted by Crippen LogP contribution is 2.04. The van der Waals surface area contributed by atoms with E-state index in [2.05, 4.69) is 4.98 Å². The SMILES string of the molecule is O=Cc1cc(CC(=O)O)cc(C=O)n1. The molecule has 0 atom stereocenters. The van der Waals surface area contributed by atoms with Crippen LogP contribution in [0.4, 0.5) is 0 Å². The molecule has 0 aliphatic carbocycles. The third-order valence-corrected chi connectivity index (χ3v) is 1.52. The topological polar surface area (TPSA) is 84.3 Å². The Morgan fingerprint density at radius 1 is 1.29 bits per heavy atom. The first kappa shape index (κ1) is 10.0. The van der Waals surface area contributed by atoms with E-state index in [9.17, 15) is 14.4 Å². The Bertz CT molecular complexity index is 360. The van der Waals surface area contributed by atoms with Gasteiger partial charge in [-0.2, -0.15) is 0 Å². The van der Waals surface area contributed by atoms with E-state index >= 15 is 0 Å². The zero-order chi connectivity index (χ0) is 10.6. The Morgan fingerprint density at radius 3 is 2.14 bits per heavy atom. The molecule has 0 saturated heterocycles. The van der Waals surface area contributed by atoms with E-state index < -0.39 is 5.97 Å². The van der Waals surface area contributed by atoms with Gasteiger partial charge in [-0.25, -0.2) is 4.98 Å². The molecule has 72 valence electrons. The lowest BCUT2D eigenvalue weighted by atomic mass is 10.1. The third-order valence-electron chi connectivity index (χ3n) is 1.52. The van der Waals surface area contributed by atoms with Crippen LogP contribution in [0.1, 0.15) is 26.5 Å². The molecular weight excluding hydrogens is 186 g/mol. The van der Waals surface area contributed by atoms with E-state index in [1.165, 1.54) is 12.1 Å². The van der Waals surface area contributed by atoms with Gasteiger partial charge < -0.3 is 5.11 Å². The van der Waals surface area contributed by atoms with Crippen molar-refractivity contribution < 1.29 is 19.5 Å². The van der Waals surface area contributed by atoms with Crippen molar-refractivity contribution in [2.45, 2.75) is 6.42 Å². The molecule has 1 aromatic heterocycles. The number of hydrogen-bond acceptors (Lipinski definition) is 4. The largest absolute Gasteiger partial charge is 0.481 e. The monoisotopic (exact) mass is 193 g/mol. The van der Waals surface area contributed by atoms with Crippen LogP contribution in [0, 0.1) is 0 Å². The van der Waals surface area contributed by atoms with Gasteiger partial charge in [0.1, 0.15) is 11.4 Å². The summed E-state index contributed by atoms with van der Waals surface area (Å²) in [6.07, 6.45) is 0.709. The number of aldehydes is 2. The summed E-state index contributed by atoms with van der Waals surface area (Å²) >= 11 is 0. The van der Waals surface area contributed by atoms with Crippen LogP contribution in [0.15, 0.2) is 12.1 Å². The number of hydrogen-bond donors (Lipinski definition) is 1. The van der Waals surface area contributed by atoms with E-state index in [1.807, 2.05) is 0 Å². The second kappa shape index (κ2) is 4.27. The van der Waals surface area contributed by atoms with Crippen LogP contribution < -0.4 is 0 Å². The Hall–Kier alpha value is -2.04. The Kier molecular flexibility index (Phi) is 3.06. The second-order valence-corrected chi connectivity index (χ2v) is 2.63. The number of aliphatic carboxylic acids is 1. The zero-order valence-corrected chi connectivity index (χ0v) is 7.14. The molecule has 0 amide bonds. The summed E-state index contributed by atoms with van der Waals surface area (Å²) in [5, 5.41) is 8.50. The fourth-order valence-electron chi connectivity index (χ4n) is 1.03. The minimum Gasteiger partial charge on any atom is -0.481 e. The van der Waals surface area contributed by atoms with Gasteiger partial charge in [0.2, 0.25) is 0 Å². The summed E-state index contributed by atoms with van der Waals surface area (Å²) in [6.45, 7) is 0. The molecule has 1 heterocycles. The molecule has 5 heteroatoms. The summed E-state index contributed by atoms with van der Waals surface area (Å²) in [6, 6.07) is 2.68. The number of carbonyl (C=O) groups excluding carboxylic acids is 2. The molecule has 0 aliphatic rings. The number of aromatic nitrogens is 1. The van der Waals surface area contributed by atoms with E-state index in [1.54, 1.807) is 0 Å². The van der Waals surface area contributed by atoms with Crippen LogP contribution in [-0.4, -0.2) is 28.6 Å². The number of carbonyl (C=O) groups is 3. The van der Waals surface area contributed by atoms with E-state index in [0.717, 1.165) is 0 Å². The Labute approximate surface area is 79.4 Å². The molecule has 14 heavy (non-hydrogen) atoms. The highest BCUT2D eigenvalue weighted by molar-refractivity contribution is 5.79. The van der Waals surface area contributed by atoms with Crippen molar-refractivity contribution in [2.75, 3.05) is 0 Å². The molecular formula is C9H7NO4. The minimum absolute atomic E-state index is 0.0610. The van der Waals surface area contributed by atoms with Gasteiger partial charge in [-0.05, 0) is 17.7 Å². The summed E-state index contributed by atoms with van der Waals surface area (Å²) in [4.78, 5) is 34.8. The summed E-state index contributed by atoms with van der Waals surface area (Å²) < 4.78 is 0. The third kappa shape index (κ3) is 2.48. The van der Waals surface area contributed by atoms with Crippen molar-refractivity contribution >= 4 is 18.5 Å². The highest BCUT2D eigenvalue weighted by atomic mass is 16.4. The lowest BCUT2D eigenvalue weighted by Gasteiger charge is -1.99. The molecule has 0 radical (unpaired) electrons. The molecule has 1 rings (SSSR count). The second-order valence-electron chi connectivity index (χ2n) is 2.63. The first-order valence-electron chi connectivity index (χ1n) is 3.79. The number of nitrogens with zero attached hydrogens (tertiary/aromatic N) is 1. The van der Waals surface area contributed by atoms with Gasteiger partial charge >= 0.3 is 5.97 Å². The van der Waals surface area contributed by atoms with Crippen LogP contribution in [0.25, 0.3) is 0 Å². The average Bonchev–Trinajstić information content (AvgIpc) is 2.16. The molecule has 0 spiro atoms. The molecule has 1 aromatic rings. The molecule has 0 aliphatic heterocycles. The van der Waals surface area contributed by atoms with Gasteiger partial charge in [0.05, 0.1) is 6.42 Å². The molecule has 5 nitrogen and oxygen atoms in total. The van der Waals surface area contributed by atoms with E-state index in [0.29, 0.717) is 18.1 Å². The maximum atomic E-state index is 10.4. The quantitative estimate of drug-likeness (QED) is 0.696. The lowest BCUT2D eigenvalue weighted by molar-refractivity contribution is -0.136. The fourth-order valence-corrected chi connectivity index (χ4v) is 1.03. The smallest absolute Gasteiger partial charge is 0.307 e. The van der Waals surface area contributed by atoms with Gasteiger partial charge in [0.25, 0.3) is 0 Å². The van der Waals surface area contributed by atoms with Crippen LogP contribution in [0.3, 0.4) is 0 Å². The Balaban J connectivity index is 3.09. The fraction of sp³-hybridized carbons (Fsp3) is 0.111. The van der Waals surface area contributed by atoms with Crippen molar-refractivity contribution in [1.29, 1.82) is 0 Å². The highest BCUT2D eigenvalue weighted by Gasteiger charge is 2.05. The number of carboxylic acid groups (broad SMARTS) is 1. The van der Waals surface area contributed by atoms with Gasteiger partial charge in [0, 0.05) is 0 Å². The maximum absolute atomic E-state index is 10.4. The number of rotatable bonds is 4. The van der Waals surface area contributed by atoms with Gasteiger partial charge in [-0.1, -0.05) is 0 Å². The molecule has 0 saturated carbocycles. The lowest BCUT2D eigenvalue weighted by Crippen LogP contribution is -2.03. The van der Waals surface area contributed by atoms with Crippen LogP contribution in [0.2, 0.25) is 0 Å². The summed E-state index contributed by atoms with van der Waals surface area (Å²) in [5.41, 5.74) is 0.508. The summed E-state index contributed by atoms with van der Waals surface area (Å²) in [7, 11) is 0. The van der Waals surface area contributed by atoms with E-state index in [-0.39, 0.29) is 17.8 Å². The van der Waals surface area contributed by atoms with Crippen molar-refractivity contribution in [1.82, 2.24) is 4.98 Å². The first-order valence-corrected chi connectivity index (χ1v) is 3.79. The standard InChI is InChI=1S/C9H7NO4/c11-4-7-1-6(3-9(13)14)2-8(5-12)10-7/h1-2,4-5H,3H2,(H,13,14). The molecule has 0 unspecified atom stereocenters. The first-order chi connectivity index (χ1) is 6.65. The van der Waals surface area contributed by atoms with Gasteiger partial charge in [-0.15, -0.1) is 0 Å². The van der Waals surface area contributed by atoms with Crippen LogP contribution in [-0.2, 0) is 11.2 Å². The van der Waals surface area contributed by atoms with Crippen molar-refractivity contribution in [3.63, 3.8) is 0 Å². The zero-order valence-electron chi connectivity index (χ0n) is 7.14. The van der Waals surface area contributed by atoms with Crippen molar-refractivity contribution in [3.05, 3.63) is 29.1 Å². The van der Waals surface area contributed by atoms with Crippen LogP contribution >= 0.6 is 0 Å². The molecule has 0 bridgehead atoms. The Morgan fingerprint density at radius 2 is 1.79 bits per heavy atom. The maximum Gasteiger partial charge on any atom is 0.307 e. The predicted octanol–water partition coefficient (Wildman–Crippen LogP) is 0.334. The predicted molar refractivity (Wildman–Crippen MR) is 46.4 cm³/mol. The van der Waals surface area contributed by atoms with Crippen LogP contribution in [0.5, 0.6) is 0 Å². The number of carboxylic acids is 1. The molecule has 0 fully saturated rings. The number of pyridine rings is 1. The molecule has 0 aromatic carbocycles. The normalized spacial score (nSPS) is 9.43. The molecule has 1 N–H and O–H groups in total. The summed E-state index contributed by atoms with van der Waals surface area (Å²) in [5.74, 6) is -1.02. The van der Waals surface area contributed by atoms with Gasteiger partial charge in [-0.3, -0.25) is 14.4 Å². The van der Waals surface area contributed by atoms with Crippen molar-refractivity contribution in [3.8, 4) is 0 Å².